The number of hydrogen-bond acceptors (Lipinski definition) is 3. The van der Waals surface area contributed by atoms with Crippen molar-refractivity contribution in [2.75, 3.05) is 4.90 Å². The van der Waals surface area contributed by atoms with E-state index in [4.69, 9.17) is 33.3 Å². The Bertz CT molecular complexity index is 1450. The Hall–Kier alpha value is -3.41. The van der Waals surface area contributed by atoms with Gasteiger partial charge in [-0.25, -0.2) is 14.1 Å². The van der Waals surface area contributed by atoms with Crippen LogP contribution < -0.4 is 4.90 Å². The van der Waals surface area contributed by atoms with Crippen molar-refractivity contribution in [3.8, 4) is 5.69 Å². The zero-order valence-electron chi connectivity index (χ0n) is 17.5. The molecule has 0 bridgehead atoms. The molecule has 0 radical (unpaired) electrons. The third-order valence-corrected chi connectivity index (χ3v) is 6.61. The molecular weight excluding hydrogens is 458 g/mol. The lowest BCUT2D eigenvalue weighted by Crippen LogP contribution is -2.39. The van der Waals surface area contributed by atoms with Crippen LogP contribution in [0.5, 0.6) is 0 Å². The molecule has 0 N–H and O–H groups in total. The van der Waals surface area contributed by atoms with E-state index in [1.165, 1.54) is 6.07 Å². The maximum atomic E-state index is 15.4. The smallest absolute Gasteiger partial charge is 0.163 e. The molecule has 2 aliphatic heterocycles. The zero-order valence-corrected chi connectivity index (χ0v) is 19.0. The number of aliphatic imine (C=N–C) groups is 1. The lowest BCUT2D eigenvalue weighted by molar-refractivity contribution is 0.597. The van der Waals surface area contributed by atoms with Gasteiger partial charge in [-0.2, -0.15) is 5.10 Å². The standard InChI is InChI=1S/C26H17Cl2FN4/c1-15-23-25(24-19(28)6-4-7-20(24)29)32-21-8-3-2-5-16(21)9-14-22(32)30-26(23)33(31-15)18-12-10-17(27)11-13-18/h2-14,25H,1H3. The molecule has 0 amide bonds. The molecule has 4 nitrogen and oxygen atoms in total. The van der Waals surface area contributed by atoms with Gasteiger partial charge in [0.1, 0.15) is 11.7 Å². The highest BCUT2D eigenvalue weighted by molar-refractivity contribution is 6.31. The number of benzene rings is 3. The first kappa shape index (κ1) is 20.2. The lowest BCUT2D eigenvalue weighted by Gasteiger charge is -2.39. The summed E-state index contributed by atoms with van der Waals surface area (Å²) in [5.74, 6) is 0.973. The van der Waals surface area contributed by atoms with Gasteiger partial charge >= 0.3 is 0 Å². The van der Waals surface area contributed by atoms with Crippen molar-refractivity contribution in [1.82, 2.24) is 9.78 Å². The van der Waals surface area contributed by atoms with Gasteiger partial charge in [-0.15, -0.1) is 0 Å². The molecule has 0 spiro atoms. The topological polar surface area (TPSA) is 33.4 Å². The summed E-state index contributed by atoms with van der Waals surface area (Å²) in [4.78, 5) is 7.02. The zero-order chi connectivity index (χ0) is 22.7. The molecule has 0 fully saturated rings. The van der Waals surface area contributed by atoms with Gasteiger partial charge in [0.2, 0.25) is 0 Å². The van der Waals surface area contributed by atoms with E-state index in [2.05, 4.69) is 0 Å². The first-order valence-corrected chi connectivity index (χ1v) is 11.2. The van der Waals surface area contributed by atoms with Crippen LogP contribution in [0.25, 0.3) is 11.8 Å². The first-order chi connectivity index (χ1) is 16.0. The maximum absolute atomic E-state index is 15.4. The molecule has 1 unspecified atom stereocenters. The van der Waals surface area contributed by atoms with Crippen LogP contribution in [0, 0.1) is 12.7 Å². The van der Waals surface area contributed by atoms with Crippen LogP contribution >= 0.6 is 23.2 Å². The second kappa shape index (κ2) is 7.58. The fourth-order valence-electron chi connectivity index (χ4n) is 4.58. The molecule has 6 rings (SSSR count). The van der Waals surface area contributed by atoms with E-state index in [9.17, 15) is 0 Å². The summed E-state index contributed by atoms with van der Waals surface area (Å²) in [6.07, 6.45) is 3.97. The van der Waals surface area contributed by atoms with Crippen molar-refractivity contribution in [3.63, 3.8) is 0 Å². The predicted molar refractivity (Wildman–Crippen MR) is 132 cm³/mol. The van der Waals surface area contributed by atoms with Gasteiger partial charge in [-0.1, -0.05) is 47.5 Å². The van der Waals surface area contributed by atoms with E-state index in [-0.39, 0.29) is 5.82 Å². The summed E-state index contributed by atoms with van der Waals surface area (Å²) in [5, 5.41) is 5.79. The average molecular weight is 475 g/mol. The number of nitrogens with zero attached hydrogens (tertiary/aromatic N) is 4. The van der Waals surface area contributed by atoms with E-state index >= 15 is 4.39 Å². The Morgan fingerprint density at radius 1 is 0.879 bits per heavy atom. The van der Waals surface area contributed by atoms with Gasteiger partial charge in [0.05, 0.1) is 23.1 Å². The molecule has 3 heterocycles. The molecule has 1 aromatic heterocycles. The van der Waals surface area contributed by atoms with Gasteiger partial charge in [0, 0.05) is 21.2 Å². The van der Waals surface area contributed by atoms with E-state index in [0.29, 0.717) is 27.3 Å². The summed E-state index contributed by atoms with van der Waals surface area (Å²) < 4.78 is 17.1. The Morgan fingerprint density at radius 3 is 2.45 bits per heavy atom. The van der Waals surface area contributed by atoms with Gasteiger partial charge in [-0.3, -0.25) is 0 Å². The van der Waals surface area contributed by atoms with Crippen molar-refractivity contribution in [3.05, 3.63) is 111 Å². The molecule has 0 saturated heterocycles. The number of amidine groups is 1. The summed E-state index contributed by atoms with van der Waals surface area (Å²) in [5.41, 5.74) is 4.74. The fraction of sp³-hybridized carbons (Fsp3) is 0.0769. The van der Waals surface area contributed by atoms with E-state index < -0.39 is 6.04 Å². The number of fused-ring (bicyclic) bond motifs is 4. The van der Waals surface area contributed by atoms with Crippen LogP contribution in [0.15, 0.2) is 77.8 Å². The normalized spacial score (nSPS) is 16.2. The first-order valence-electron chi connectivity index (χ1n) is 10.5. The van der Waals surface area contributed by atoms with Gasteiger partial charge in [0.25, 0.3) is 0 Å². The monoisotopic (exact) mass is 474 g/mol. The minimum atomic E-state index is -0.534. The molecule has 2 aliphatic rings. The molecule has 1 atom stereocenters. The van der Waals surface area contributed by atoms with Crippen LogP contribution in [0.3, 0.4) is 0 Å². The Morgan fingerprint density at radius 2 is 1.67 bits per heavy atom. The SMILES string of the molecule is Cc1nn(-c2ccc(Cl)cc2)c2c1C(c1c(F)cccc1Cl)N1C(=N2)C=Cc2ccccc21. The summed E-state index contributed by atoms with van der Waals surface area (Å²) >= 11 is 12.7. The second-order valence-corrected chi connectivity index (χ2v) is 8.82. The molecule has 3 aromatic carbocycles. The van der Waals surface area contributed by atoms with Crippen LogP contribution in [-0.2, 0) is 0 Å². The van der Waals surface area contributed by atoms with Crippen LogP contribution in [-0.4, -0.2) is 15.6 Å². The van der Waals surface area contributed by atoms with Crippen molar-refractivity contribution in [2.45, 2.75) is 13.0 Å². The van der Waals surface area contributed by atoms with E-state index in [1.54, 1.807) is 16.8 Å². The summed E-state index contributed by atoms with van der Waals surface area (Å²) in [7, 11) is 0. The number of halogens is 3. The van der Waals surface area contributed by atoms with Crippen molar-refractivity contribution < 1.29 is 4.39 Å². The lowest BCUT2D eigenvalue weighted by atomic mass is 9.92. The molecule has 7 heteroatoms. The molecule has 0 aliphatic carbocycles. The second-order valence-electron chi connectivity index (χ2n) is 7.98. The third-order valence-electron chi connectivity index (χ3n) is 6.03. The molecule has 4 aromatic rings. The highest BCUT2D eigenvalue weighted by Crippen LogP contribution is 2.48. The number of hydrogen-bond donors (Lipinski definition) is 0. The van der Waals surface area contributed by atoms with Gasteiger partial charge in [0.15, 0.2) is 5.82 Å². The molecule has 33 heavy (non-hydrogen) atoms. The largest absolute Gasteiger partial charge is 0.314 e. The Balaban J connectivity index is 1.67. The third kappa shape index (κ3) is 3.11. The number of aromatic nitrogens is 2. The fourth-order valence-corrected chi connectivity index (χ4v) is 4.97. The summed E-state index contributed by atoms with van der Waals surface area (Å²) in [6, 6.07) is 19.6. The predicted octanol–water partition coefficient (Wildman–Crippen LogP) is 7.29. The maximum Gasteiger partial charge on any atom is 0.163 e. The van der Waals surface area contributed by atoms with E-state index in [1.807, 2.05) is 72.5 Å². The number of rotatable bonds is 2. The quantitative estimate of drug-likeness (QED) is 0.305. The van der Waals surface area contributed by atoms with Crippen LogP contribution in [0.2, 0.25) is 10.0 Å². The van der Waals surface area contributed by atoms with Crippen LogP contribution in [0.1, 0.15) is 28.4 Å². The minimum absolute atomic E-state index is 0.359. The van der Waals surface area contributed by atoms with Crippen molar-refractivity contribution >= 4 is 46.6 Å². The Kier molecular flexibility index (Phi) is 4.64. The molecule has 162 valence electrons. The van der Waals surface area contributed by atoms with E-state index in [0.717, 1.165) is 28.2 Å². The molecular formula is C26H17Cl2FN4. The highest BCUT2D eigenvalue weighted by atomic mass is 35.5. The van der Waals surface area contributed by atoms with Gasteiger partial charge in [-0.05, 0) is 67.1 Å². The number of aryl methyl sites for hydroxylation is 1. The van der Waals surface area contributed by atoms with Gasteiger partial charge < -0.3 is 4.90 Å². The molecule has 0 saturated carbocycles. The average Bonchev–Trinajstić information content (AvgIpc) is 3.14. The van der Waals surface area contributed by atoms with Crippen molar-refractivity contribution in [1.29, 1.82) is 0 Å². The number of anilines is 1. The van der Waals surface area contributed by atoms with Crippen molar-refractivity contribution in [2.24, 2.45) is 4.99 Å². The highest BCUT2D eigenvalue weighted by Gasteiger charge is 2.40. The van der Waals surface area contributed by atoms with Crippen LogP contribution in [0.4, 0.5) is 15.9 Å². The minimum Gasteiger partial charge on any atom is -0.314 e. The Labute approximate surface area is 200 Å². The summed E-state index contributed by atoms with van der Waals surface area (Å²) in [6.45, 7) is 1.92. The number of para-hydroxylation sites is 1.